The zero-order chi connectivity index (χ0) is 12.1. The molecule has 0 unspecified atom stereocenters. The summed E-state index contributed by atoms with van der Waals surface area (Å²) in [6, 6.07) is 10.9. The Hall–Kier alpha value is -2.18. The summed E-state index contributed by atoms with van der Waals surface area (Å²) in [5.41, 5.74) is 1.33. The van der Waals surface area contributed by atoms with E-state index in [1.54, 1.807) is 18.2 Å². The highest BCUT2D eigenvalue weighted by Gasteiger charge is 2.02. The lowest BCUT2D eigenvalue weighted by atomic mass is 10.1. The maximum absolute atomic E-state index is 11.7. The number of para-hydroxylation sites is 1. The molecule has 0 bridgehead atoms. The molecule has 0 fully saturated rings. The van der Waals surface area contributed by atoms with Crippen molar-refractivity contribution in [3.63, 3.8) is 0 Å². The SMILES string of the molecule is [C-]#[N+]c1ccccc1/C=C/C(=O)c1cccs1. The number of ketones is 1. The van der Waals surface area contributed by atoms with Crippen molar-refractivity contribution in [2.75, 3.05) is 0 Å². The monoisotopic (exact) mass is 239 g/mol. The van der Waals surface area contributed by atoms with Gasteiger partial charge in [-0.3, -0.25) is 4.79 Å². The molecule has 0 saturated heterocycles. The summed E-state index contributed by atoms with van der Waals surface area (Å²) < 4.78 is 0. The van der Waals surface area contributed by atoms with E-state index >= 15 is 0 Å². The maximum atomic E-state index is 11.7. The van der Waals surface area contributed by atoms with E-state index in [4.69, 9.17) is 6.57 Å². The van der Waals surface area contributed by atoms with Gasteiger partial charge in [0.15, 0.2) is 11.5 Å². The third kappa shape index (κ3) is 2.68. The highest BCUT2D eigenvalue weighted by molar-refractivity contribution is 7.12. The van der Waals surface area contributed by atoms with Crippen LogP contribution in [0.25, 0.3) is 10.9 Å². The standard InChI is InChI=1S/C14H9NOS/c1-15-12-6-3-2-5-11(12)8-9-13(16)14-7-4-10-17-14/h2-10H/b9-8+. The largest absolute Gasteiger partial charge is 0.288 e. The van der Waals surface area contributed by atoms with Crippen LogP contribution in [0.5, 0.6) is 0 Å². The summed E-state index contributed by atoms with van der Waals surface area (Å²) in [4.78, 5) is 15.8. The first kappa shape index (κ1) is 11.3. The molecular weight excluding hydrogens is 230 g/mol. The van der Waals surface area contributed by atoms with Crippen molar-refractivity contribution >= 4 is 28.9 Å². The van der Waals surface area contributed by atoms with Crippen molar-refractivity contribution in [1.82, 2.24) is 0 Å². The number of nitrogens with zero attached hydrogens (tertiary/aromatic N) is 1. The third-order valence-electron chi connectivity index (χ3n) is 2.24. The molecule has 0 saturated carbocycles. The summed E-state index contributed by atoms with van der Waals surface area (Å²) in [6.45, 7) is 7.02. The van der Waals surface area contributed by atoms with Crippen LogP contribution in [0.15, 0.2) is 47.9 Å². The second-order valence-electron chi connectivity index (χ2n) is 3.35. The molecule has 1 aromatic heterocycles. The average molecular weight is 239 g/mol. The van der Waals surface area contributed by atoms with Gasteiger partial charge in [-0.15, -0.1) is 11.3 Å². The Morgan fingerprint density at radius 3 is 2.76 bits per heavy atom. The summed E-state index contributed by atoms with van der Waals surface area (Å²) >= 11 is 1.41. The van der Waals surface area contributed by atoms with Crippen molar-refractivity contribution in [3.05, 3.63) is 69.7 Å². The molecule has 2 rings (SSSR count). The van der Waals surface area contributed by atoms with Gasteiger partial charge in [-0.25, -0.2) is 4.85 Å². The first-order chi connectivity index (χ1) is 8.31. The minimum absolute atomic E-state index is 0.0280. The van der Waals surface area contributed by atoms with Gasteiger partial charge in [-0.1, -0.05) is 36.4 Å². The number of hydrogen-bond acceptors (Lipinski definition) is 2. The number of carbonyl (C=O) groups is 1. The highest BCUT2D eigenvalue weighted by Crippen LogP contribution is 2.20. The molecule has 1 aromatic carbocycles. The molecule has 0 atom stereocenters. The molecule has 17 heavy (non-hydrogen) atoms. The zero-order valence-corrected chi connectivity index (χ0v) is 9.78. The summed E-state index contributed by atoms with van der Waals surface area (Å²) in [5, 5.41) is 1.87. The Kier molecular flexibility index (Phi) is 3.49. The smallest absolute Gasteiger partial charge is 0.195 e. The second kappa shape index (κ2) is 5.24. The molecule has 0 spiro atoms. The number of allylic oxidation sites excluding steroid dienone is 1. The molecule has 0 amide bonds. The number of rotatable bonds is 3. The van der Waals surface area contributed by atoms with E-state index in [1.165, 1.54) is 17.4 Å². The molecule has 3 heteroatoms. The van der Waals surface area contributed by atoms with E-state index in [-0.39, 0.29) is 5.78 Å². The molecular formula is C14H9NOS. The Labute approximate surface area is 104 Å². The summed E-state index contributed by atoms with van der Waals surface area (Å²) in [7, 11) is 0. The van der Waals surface area contributed by atoms with Crippen LogP contribution in [-0.2, 0) is 0 Å². The fraction of sp³-hybridized carbons (Fsp3) is 0. The molecule has 82 valence electrons. The van der Waals surface area contributed by atoms with Crippen molar-refractivity contribution in [3.8, 4) is 0 Å². The quantitative estimate of drug-likeness (QED) is 0.447. The molecule has 0 radical (unpaired) electrons. The van der Waals surface area contributed by atoms with Crippen LogP contribution in [-0.4, -0.2) is 5.78 Å². The average Bonchev–Trinajstić information content (AvgIpc) is 2.90. The first-order valence-corrected chi connectivity index (χ1v) is 5.91. The highest BCUT2D eigenvalue weighted by atomic mass is 32.1. The minimum atomic E-state index is -0.0280. The van der Waals surface area contributed by atoms with Crippen molar-refractivity contribution in [1.29, 1.82) is 0 Å². The van der Waals surface area contributed by atoms with Gasteiger partial charge in [-0.2, -0.15) is 0 Å². The van der Waals surface area contributed by atoms with E-state index in [2.05, 4.69) is 4.85 Å². The molecule has 0 aliphatic heterocycles. The molecule has 0 N–H and O–H groups in total. The second-order valence-corrected chi connectivity index (χ2v) is 4.29. The van der Waals surface area contributed by atoms with Gasteiger partial charge in [-0.05, 0) is 23.1 Å². The van der Waals surface area contributed by atoms with Crippen LogP contribution in [0, 0.1) is 6.57 Å². The molecule has 1 heterocycles. The molecule has 2 aromatic rings. The number of benzene rings is 1. The number of thiophene rings is 1. The van der Waals surface area contributed by atoms with E-state index < -0.39 is 0 Å². The van der Waals surface area contributed by atoms with Crippen LogP contribution in [0.1, 0.15) is 15.2 Å². The van der Waals surface area contributed by atoms with E-state index in [0.29, 0.717) is 10.6 Å². The lowest BCUT2D eigenvalue weighted by Crippen LogP contribution is -1.88. The molecule has 0 aliphatic rings. The van der Waals surface area contributed by atoms with Crippen molar-refractivity contribution in [2.24, 2.45) is 0 Å². The van der Waals surface area contributed by atoms with Crippen LogP contribution in [0.4, 0.5) is 5.69 Å². The van der Waals surface area contributed by atoms with E-state index in [9.17, 15) is 4.79 Å². The third-order valence-corrected chi connectivity index (χ3v) is 3.12. The Balaban J connectivity index is 2.22. The normalized spacial score (nSPS) is 10.3. The van der Waals surface area contributed by atoms with Crippen LogP contribution >= 0.6 is 11.3 Å². The Morgan fingerprint density at radius 2 is 2.06 bits per heavy atom. The summed E-state index contributed by atoms with van der Waals surface area (Å²) in [5.74, 6) is -0.0280. The predicted molar refractivity (Wildman–Crippen MR) is 70.4 cm³/mol. The fourth-order valence-electron chi connectivity index (χ4n) is 1.40. The van der Waals surface area contributed by atoms with Gasteiger partial charge in [0, 0.05) is 0 Å². The summed E-state index contributed by atoms with van der Waals surface area (Å²) in [6.07, 6.45) is 3.20. The zero-order valence-electron chi connectivity index (χ0n) is 8.96. The predicted octanol–water partition coefficient (Wildman–Crippen LogP) is 4.19. The van der Waals surface area contributed by atoms with E-state index in [1.807, 2.05) is 29.6 Å². The van der Waals surface area contributed by atoms with Crippen LogP contribution in [0.3, 0.4) is 0 Å². The van der Waals surface area contributed by atoms with Gasteiger partial charge in [0.25, 0.3) is 0 Å². The Morgan fingerprint density at radius 1 is 1.24 bits per heavy atom. The van der Waals surface area contributed by atoms with Crippen molar-refractivity contribution in [2.45, 2.75) is 0 Å². The topological polar surface area (TPSA) is 21.4 Å². The van der Waals surface area contributed by atoms with Gasteiger partial charge in [0.2, 0.25) is 0 Å². The first-order valence-electron chi connectivity index (χ1n) is 5.03. The lowest BCUT2D eigenvalue weighted by Gasteiger charge is -1.95. The van der Waals surface area contributed by atoms with Gasteiger partial charge in [0.05, 0.1) is 11.4 Å². The number of hydrogen-bond donors (Lipinski definition) is 0. The van der Waals surface area contributed by atoms with Crippen LogP contribution in [0.2, 0.25) is 0 Å². The van der Waals surface area contributed by atoms with Gasteiger partial charge >= 0.3 is 0 Å². The molecule has 2 nitrogen and oxygen atoms in total. The lowest BCUT2D eigenvalue weighted by molar-refractivity contribution is 0.105. The van der Waals surface area contributed by atoms with Gasteiger partial charge < -0.3 is 0 Å². The van der Waals surface area contributed by atoms with E-state index in [0.717, 1.165) is 5.56 Å². The number of carbonyl (C=O) groups excluding carboxylic acids is 1. The van der Waals surface area contributed by atoms with Crippen LogP contribution < -0.4 is 0 Å². The Bertz CT molecular complexity index is 591. The maximum Gasteiger partial charge on any atom is 0.195 e. The molecule has 0 aliphatic carbocycles. The minimum Gasteiger partial charge on any atom is -0.288 e. The van der Waals surface area contributed by atoms with Crippen molar-refractivity contribution < 1.29 is 4.79 Å². The van der Waals surface area contributed by atoms with Gasteiger partial charge in [0.1, 0.15) is 0 Å². The fourth-order valence-corrected chi connectivity index (χ4v) is 2.04.